The van der Waals surface area contributed by atoms with Gasteiger partial charge in [-0.2, -0.15) is 0 Å². The molecule has 342 valence electrons. The second-order valence-electron chi connectivity index (χ2n) is 17.1. The van der Waals surface area contributed by atoms with Crippen molar-refractivity contribution in [1.29, 1.82) is 0 Å². The number of amides is 2. The fourth-order valence-electron chi connectivity index (χ4n) is 9.96. The number of non-ortho nitro benzene ring substituents is 2. The first kappa shape index (κ1) is 44.7. The maximum atomic E-state index is 14.7. The Balaban J connectivity index is 1.02. The van der Waals surface area contributed by atoms with E-state index < -0.39 is 21.4 Å². The lowest BCUT2D eigenvalue weighted by Gasteiger charge is -2.40. The van der Waals surface area contributed by atoms with Crippen molar-refractivity contribution in [2.45, 2.75) is 77.0 Å². The number of benzene rings is 4. The number of carbonyl (C=O) groups is 3. The van der Waals surface area contributed by atoms with Crippen molar-refractivity contribution < 1.29 is 38.8 Å². The summed E-state index contributed by atoms with van der Waals surface area (Å²) in [6, 6.07) is 11.6. The molecular formula is C48H46Cl2N6O10. The molecule has 0 aromatic heterocycles. The molecule has 4 aromatic rings. The molecule has 66 heavy (non-hydrogen) atoms. The van der Waals surface area contributed by atoms with Gasteiger partial charge in [-0.25, -0.2) is 4.58 Å². The molecule has 18 heteroatoms. The summed E-state index contributed by atoms with van der Waals surface area (Å²) >= 11 is 12.4. The Bertz CT molecular complexity index is 2910. The van der Waals surface area contributed by atoms with Gasteiger partial charge in [-0.1, -0.05) is 29.0 Å². The number of ketones is 1. The number of nitrogens with one attached hydrogen (secondary N) is 2. The van der Waals surface area contributed by atoms with Gasteiger partial charge >= 0.3 is 0 Å². The average molecular weight is 938 g/mol. The van der Waals surface area contributed by atoms with Gasteiger partial charge in [0, 0.05) is 102 Å². The molecule has 5 aliphatic rings. The second kappa shape index (κ2) is 18.8. The third-order valence-corrected chi connectivity index (χ3v) is 13.5. The summed E-state index contributed by atoms with van der Waals surface area (Å²) in [5.41, 5.74) is 5.93. The van der Waals surface area contributed by atoms with E-state index in [0.29, 0.717) is 47.8 Å². The number of aryl methyl sites for hydroxylation is 2. The van der Waals surface area contributed by atoms with Crippen molar-refractivity contribution in [2.75, 3.05) is 54.9 Å². The van der Waals surface area contributed by atoms with Gasteiger partial charge in [-0.3, -0.25) is 34.6 Å². The predicted octanol–water partition coefficient (Wildman–Crippen LogP) is 5.99. The number of rotatable bonds is 15. The molecule has 16 nitrogen and oxygen atoms in total. The van der Waals surface area contributed by atoms with E-state index in [1.807, 2.05) is 12.1 Å². The molecule has 4 heterocycles. The van der Waals surface area contributed by atoms with Gasteiger partial charge in [0.1, 0.15) is 24.6 Å². The molecule has 2 amide bonds. The number of hydrogen-bond acceptors (Lipinski definition) is 11. The van der Waals surface area contributed by atoms with Crippen LogP contribution in [0.25, 0.3) is 11.1 Å². The van der Waals surface area contributed by atoms with E-state index in [2.05, 4.69) is 20.1 Å². The standard InChI is InChI=1S/C48H46Cl2N6O10/c49-35-25-29(55(61)62)13-15-37(35)65-21-5-11-39(57)51-43-31-9-3-19-53-17-1-7-27(45(31)53)23-33(43)41-47(59)42(48(41)60)34-24-28-8-2-18-54-20-4-10-32(46(28)54)44(34)52-40(58)12-6-22-66-38-16-14-30(56(63)64)26-36(38)50/h13-16,23-26H,1-12,17-22H2,(H2,51,52,57,58,59,60). The van der Waals surface area contributed by atoms with Gasteiger partial charge in [0.2, 0.25) is 17.2 Å². The van der Waals surface area contributed by atoms with Crippen molar-refractivity contribution >= 4 is 80.4 Å². The summed E-state index contributed by atoms with van der Waals surface area (Å²) < 4.78 is 13.8. The summed E-state index contributed by atoms with van der Waals surface area (Å²) in [5.74, 6) is -1.03. The lowest BCUT2D eigenvalue weighted by molar-refractivity contribution is -0.385. The van der Waals surface area contributed by atoms with Crippen molar-refractivity contribution in [3.63, 3.8) is 0 Å². The van der Waals surface area contributed by atoms with Gasteiger partial charge in [-0.05, 0) is 86.8 Å². The highest BCUT2D eigenvalue weighted by Crippen LogP contribution is 2.47. The van der Waals surface area contributed by atoms with Crippen LogP contribution in [0.3, 0.4) is 0 Å². The van der Waals surface area contributed by atoms with Crippen molar-refractivity contribution in [1.82, 2.24) is 4.58 Å². The van der Waals surface area contributed by atoms with E-state index in [9.17, 15) is 39.7 Å². The Labute approximate surface area is 388 Å². The highest BCUT2D eigenvalue weighted by Gasteiger charge is 2.37. The zero-order valence-corrected chi connectivity index (χ0v) is 37.5. The first-order chi connectivity index (χ1) is 31.9. The Hall–Kier alpha value is -6.52. The van der Waals surface area contributed by atoms with Gasteiger partial charge in [0.15, 0.2) is 5.78 Å². The largest absolute Gasteiger partial charge is 0.871 e. The maximum Gasteiger partial charge on any atom is 0.271 e. The molecule has 0 saturated carbocycles. The normalized spacial score (nSPS) is 16.8. The van der Waals surface area contributed by atoms with Gasteiger partial charge in [0.05, 0.1) is 44.5 Å². The molecule has 9 rings (SSSR count). The van der Waals surface area contributed by atoms with E-state index in [-0.39, 0.29) is 81.9 Å². The summed E-state index contributed by atoms with van der Waals surface area (Å²) in [6.45, 7) is 3.70. The van der Waals surface area contributed by atoms with Crippen molar-refractivity contribution in [3.05, 3.63) is 123 Å². The monoisotopic (exact) mass is 936 g/mol. The van der Waals surface area contributed by atoms with Gasteiger partial charge in [0.25, 0.3) is 11.4 Å². The molecular weight excluding hydrogens is 891 g/mol. The Morgan fingerprint density at radius 3 is 1.86 bits per heavy atom. The molecule has 1 aliphatic carbocycles. The molecule has 0 spiro atoms. The number of carbonyl (C=O) groups excluding carboxylic acids is 3. The van der Waals surface area contributed by atoms with Gasteiger partial charge < -0.3 is 30.1 Å². The van der Waals surface area contributed by atoms with Crippen LogP contribution in [0.4, 0.5) is 28.4 Å². The fourth-order valence-corrected chi connectivity index (χ4v) is 10.4. The number of nitro benzene ring substituents is 2. The first-order valence-electron chi connectivity index (χ1n) is 22.3. The van der Waals surface area contributed by atoms with Crippen LogP contribution < -0.4 is 45.3 Å². The first-order valence-corrected chi connectivity index (χ1v) is 23.1. The van der Waals surface area contributed by atoms with E-state index in [1.165, 1.54) is 36.4 Å². The molecule has 0 unspecified atom stereocenters. The SMILES string of the molecule is O=C(CCCOc1ccc([N+](=O)[O-])cc1Cl)Nc1c(C2=C([O-])/C(=c3/cc4c5c(c3NC(=O)CCCOc3ccc([N+](=O)[O-])cc3Cl)CCC[N+]=5CCC4)C2=O)cc2c3c1CCCN3CCC2. The van der Waals surface area contributed by atoms with E-state index >= 15 is 0 Å². The smallest absolute Gasteiger partial charge is 0.271 e. The number of hydrogen-bond donors (Lipinski definition) is 2. The minimum atomic E-state index is -0.550. The topological polar surface area (TPSA) is 209 Å². The lowest BCUT2D eigenvalue weighted by Crippen LogP contribution is -2.46. The molecule has 0 fully saturated rings. The van der Waals surface area contributed by atoms with Crippen LogP contribution in [0.2, 0.25) is 10.0 Å². The highest BCUT2D eigenvalue weighted by atomic mass is 35.5. The molecule has 0 saturated heterocycles. The maximum absolute atomic E-state index is 14.7. The highest BCUT2D eigenvalue weighted by molar-refractivity contribution is 6.52. The summed E-state index contributed by atoms with van der Waals surface area (Å²) in [6.07, 6.45) is 7.04. The Morgan fingerprint density at radius 1 is 0.712 bits per heavy atom. The molecule has 0 atom stereocenters. The number of nitrogens with zero attached hydrogens (tertiary/aromatic N) is 4. The summed E-state index contributed by atoms with van der Waals surface area (Å²) in [5, 5.41) is 44.8. The van der Waals surface area contributed by atoms with Gasteiger partial charge in [-0.15, -0.1) is 0 Å². The zero-order valence-electron chi connectivity index (χ0n) is 36.0. The quantitative estimate of drug-likeness (QED) is 0.0612. The van der Waals surface area contributed by atoms with Crippen LogP contribution in [-0.4, -0.2) is 66.8 Å². The van der Waals surface area contributed by atoms with Crippen LogP contribution in [0.5, 0.6) is 11.5 Å². The molecule has 4 aliphatic heterocycles. The van der Waals surface area contributed by atoms with Crippen molar-refractivity contribution in [2.24, 2.45) is 0 Å². The van der Waals surface area contributed by atoms with E-state index in [0.717, 1.165) is 98.0 Å². The lowest BCUT2D eigenvalue weighted by atomic mass is 9.77. The third-order valence-electron chi connectivity index (χ3n) is 12.9. The summed E-state index contributed by atoms with van der Waals surface area (Å²) in [4.78, 5) is 65.6. The number of halogens is 2. The Kier molecular flexibility index (Phi) is 12.7. The van der Waals surface area contributed by atoms with Crippen LogP contribution in [0, 0.1) is 20.2 Å². The number of ether oxygens (including phenoxy) is 2. The van der Waals surface area contributed by atoms with E-state index in [1.54, 1.807) is 0 Å². The third kappa shape index (κ3) is 8.66. The minimum Gasteiger partial charge on any atom is -0.871 e. The van der Waals surface area contributed by atoms with Crippen LogP contribution >= 0.6 is 23.2 Å². The van der Waals surface area contributed by atoms with Crippen LogP contribution in [-0.2, 0) is 40.1 Å². The van der Waals surface area contributed by atoms with Crippen LogP contribution in [0.15, 0.2) is 54.3 Å². The number of Topliss-reactive ketones (excluding diaryl/α,β-unsaturated/α-hetero) is 1. The Morgan fingerprint density at radius 2 is 1.27 bits per heavy atom. The summed E-state index contributed by atoms with van der Waals surface area (Å²) in [7, 11) is 0. The molecule has 0 bridgehead atoms. The fraction of sp³-hybridized carbons (Fsp3) is 0.375. The molecule has 2 N–H and O–H groups in total. The average Bonchev–Trinajstić information content (AvgIpc) is 3.30. The second-order valence-corrected chi connectivity index (χ2v) is 17.9. The van der Waals surface area contributed by atoms with E-state index in [4.69, 9.17) is 32.7 Å². The van der Waals surface area contributed by atoms with Crippen molar-refractivity contribution in [3.8, 4) is 11.5 Å². The number of anilines is 3. The molecule has 0 radical (unpaired) electrons. The number of nitro groups is 2. The zero-order chi connectivity index (χ0) is 46.2. The van der Waals surface area contributed by atoms with Crippen LogP contribution in [0.1, 0.15) is 79.2 Å². The minimum absolute atomic E-state index is 0.00511. The predicted molar refractivity (Wildman–Crippen MR) is 247 cm³/mol. The molecule has 4 aromatic carbocycles. The number of allylic oxidation sites excluding steroid dienone is 2.